The van der Waals surface area contributed by atoms with E-state index in [1.807, 2.05) is 45.0 Å². The van der Waals surface area contributed by atoms with E-state index in [-0.39, 0.29) is 23.2 Å². The molecule has 5 nitrogen and oxygen atoms in total. The molecule has 1 aromatic carbocycles. The van der Waals surface area contributed by atoms with Gasteiger partial charge in [0.25, 0.3) is 5.91 Å². The Morgan fingerprint density at radius 3 is 2.59 bits per heavy atom. The Morgan fingerprint density at radius 2 is 1.95 bits per heavy atom. The number of fused-ring (bicyclic) bond motifs is 1. The summed E-state index contributed by atoms with van der Waals surface area (Å²) in [7, 11) is 0. The van der Waals surface area contributed by atoms with E-state index in [1.165, 1.54) is 16.8 Å². The second kappa shape index (κ2) is 5.53. The number of hydrogen-bond acceptors (Lipinski definition) is 4. The van der Waals surface area contributed by atoms with Crippen LogP contribution in [0.5, 0.6) is 0 Å². The van der Waals surface area contributed by atoms with E-state index in [0.29, 0.717) is 5.17 Å². The largest absolute Gasteiger partial charge is 0.283 e. The van der Waals surface area contributed by atoms with Gasteiger partial charge in [0.1, 0.15) is 5.04 Å². The standard InChI is InChI=1S/C16H16N4OS/c1-9(2)15-19-20-13(17)12(14(21)18-16(20)22-15)8-11-6-4-10(3)5-7-11/h4-9,17H,1-3H3/b12-8-,17-13?. The molecule has 0 atom stereocenters. The smallest absolute Gasteiger partial charge is 0.282 e. The molecule has 0 unspecified atom stereocenters. The van der Waals surface area contributed by atoms with Crippen LogP contribution in [-0.4, -0.2) is 27.0 Å². The maximum atomic E-state index is 12.2. The Hall–Kier alpha value is -2.21. The summed E-state index contributed by atoms with van der Waals surface area (Å²) >= 11 is 1.36. The molecule has 22 heavy (non-hydrogen) atoms. The maximum absolute atomic E-state index is 12.2. The second-order valence-corrected chi connectivity index (χ2v) is 6.51. The summed E-state index contributed by atoms with van der Waals surface area (Å²) in [6, 6.07) is 7.78. The molecule has 0 fully saturated rings. The van der Waals surface area contributed by atoms with E-state index in [2.05, 4.69) is 10.1 Å². The summed E-state index contributed by atoms with van der Waals surface area (Å²) in [5.74, 6) is -0.0611. The predicted molar refractivity (Wildman–Crippen MR) is 91.0 cm³/mol. The van der Waals surface area contributed by atoms with Crippen LogP contribution < -0.4 is 0 Å². The summed E-state index contributed by atoms with van der Waals surface area (Å²) in [6.45, 7) is 6.06. The van der Waals surface area contributed by atoms with Gasteiger partial charge in [0.2, 0.25) is 5.17 Å². The van der Waals surface area contributed by atoms with Crippen LogP contribution in [0.2, 0.25) is 0 Å². The van der Waals surface area contributed by atoms with Crippen molar-refractivity contribution in [3.63, 3.8) is 0 Å². The Kier molecular flexibility index (Phi) is 3.70. The van der Waals surface area contributed by atoms with E-state index >= 15 is 0 Å². The van der Waals surface area contributed by atoms with Crippen molar-refractivity contribution in [1.82, 2.24) is 5.01 Å². The third kappa shape index (κ3) is 2.62. The van der Waals surface area contributed by atoms with E-state index in [9.17, 15) is 4.79 Å². The van der Waals surface area contributed by atoms with Crippen LogP contribution in [0.3, 0.4) is 0 Å². The van der Waals surface area contributed by atoms with E-state index in [1.54, 1.807) is 6.08 Å². The summed E-state index contributed by atoms with van der Waals surface area (Å²) in [6.07, 6.45) is 1.69. The van der Waals surface area contributed by atoms with Crippen molar-refractivity contribution in [2.45, 2.75) is 20.8 Å². The number of carbonyl (C=O) groups is 1. The lowest BCUT2D eigenvalue weighted by molar-refractivity contribution is -0.114. The molecule has 0 radical (unpaired) electrons. The number of hydrogen-bond donors (Lipinski definition) is 1. The highest BCUT2D eigenvalue weighted by Gasteiger charge is 2.36. The number of nitrogens with one attached hydrogen (secondary N) is 1. The highest BCUT2D eigenvalue weighted by Crippen LogP contribution is 2.30. The molecule has 0 bridgehead atoms. The Balaban J connectivity index is 1.97. The lowest BCUT2D eigenvalue weighted by Gasteiger charge is -2.20. The lowest BCUT2D eigenvalue weighted by atomic mass is 10.1. The minimum absolute atomic E-state index is 0.0822. The van der Waals surface area contributed by atoms with Crippen LogP contribution in [0, 0.1) is 18.3 Å². The molecule has 0 aromatic heterocycles. The van der Waals surface area contributed by atoms with Crippen LogP contribution in [0.25, 0.3) is 6.08 Å². The third-order valence-corrected chi connectivity index (χ3v) is 4.56. The van der Waals surface area contributed by atoms with Gasteiger partial charge in [-0.15, -0.1) is 0 Å². The average Bonchev–Trinajstić information content (AvgIpc) is 2.90. The van der Waals surface area contributed by atoms with Crippen LogP contribution in [-0.2, 0) is 4.79 Å². The SMILES string of the molecule is Cc1ccc(/C=C2/C(=N)N3N=C(C(C)C)SC3=NC2=O)cc1. The van der Waals surface area contributed by atoms with E-state index in [0.717, 1.165) is 16.2 Å². The average molecular weight is 312 g/mol. The molecule has 6 heteroatoms. The van der Waals surface area contributed by atoms with Gasteiger partial charge in [0, 0.05) is 5.92 Å². The van der Waals surface area contributed by atoms with Gasteiger partial charge in [-0.1, -0.05) is 43.7 Å². The number of thioether (sulfide) groups is 1. The topological polar surface area (TPSA) is 68.9 Å². The first-order valence-corrected chi connectivity index (χ1v) is 7.84. The molecule has 1 amide bonds. The van der Waals surface area contributed by atoms with Crippen molar-refractivity contribution in [2.75, 3.05) is 0 Å². The highest BCUT2D eigenvalue weighted by molar-refractivity contribution is 8.27. The molecule has 2 heterocycles. The molecule has 2 aliphatic rings. The monoisotopic (exact) mass is 312 g/mol. The molecule has 0 saturated carbocycles. The number of rotatable bonds is 2. The number of carbonyl (C=O) groups excluding carboxylic acids is 1. The normalized spacial score (nSPS) is 19.6. The summed E-state index contributed by atoms with van der Waals surface area (Å²) in [4.78, 5) is 16.3. The first-order valence-electron chi connectivity index (χ1n) is 7.02. The van der Waals surface area contributed by atoms with Crippen LogP contribution >= 0.6 is 11.8 Å². The molecular formula is C16H16N4OS. The quantitative estimate of drug-likeness (QED) is 0.852. The number of nitrogens with zero attached hydrogens (tertiary/aromatic N) is 3. The first kappa shape index (κ1) is 14.7. The number of aliphatic imine (C=N–C) groups is 1. The summed E-state index contributed by atoms with van der Waals surface area (Å²) < 4.78 is 0. The van der Waals surface area contributed by atoms with Gasteiger partial charge >= 0.3 is 0 Å². The zero-order valence-corrected chi connectivity index (χ0v) is 13.4. The number of hydrazone groups is 1. The van der Waals surface area contributed by atoms with Crippen molar-refractivity contribution in [2.24, 2.45) is 16.0 Å². The van der Waals surface area contributed by atoms with Gasteiger partial charge in [-0.25, -0.2) is 0 Å². The van der Waals surface area contributed by atoms with Crippen molar-refractivity contribution < 1.29 is 4.79 Å². The molecular weight excluding hydrogens is 296 g/mol. The molecule has 0 saturated heterocycles. The number of benzene rings is 1. The van der Waals surface area contributed by atoms with Gasteiger partial charge in [-0.3, -0.25) is 10.2 Å². The minimum Gasteiger partial charge on any atom is -0.282 e. The van der Waals surface area contributed by atoms with Gasteiger partial charge in [-0.05, 0) is 30.3 Å². The highest BCUT2D eigenvalue weighted by atomic mass is 32.2. The van der Waals surface area contributed by atoms with Crippen molar-refractivity contribution >= 4 is 39.8 Å². The maximum Gasteiger partial charge on any atom is 0.283 e. The minimum atomic E-state index is -0.385. The zero-order valence-electron chi connectivity index (χ0n) is 12.6. The summed E-state index contributed by atoms with van der Waals surface area (Å²) in [5.41, 5.74) is 2.29. The fourth-order valence-corrected chi connectivity index (χ4v) is 2.96. The molecule has 3 rings (SSSR count). The second-order valence-electron chi connectivity index (χ2n) is 5.52. The number of amides is 1. The lowest BCUT2D eigenvalue weighted by Crippen LogP contribution is -2.35. The molecule has 1 N–H and O–H groups in total. The number of amidine groups is 2. The number of aryl methyl sites for hydroxylation is 1. The van der Waals surface area contributed by atoms with Crippen molar-refractivity contribution in [3.05, 3.63) is 41.0 Å². The Bertz CT molecular complexity index is 744. The van der Waals surface area contributed by atoms with Gasteiger partial charge in [-0.2, -0.15) is 15.1 Å². The van der Waals surface area contributed by atoms with Crippen molar-refractivity contribution in [3.8, 4) is 0 Å². The Morgan fingerprint density at radius 1 is 1.27 bits per heavy atom. The van der Waals surface area contributed by atoms with Crippen LogP contribution in [0.1, 0.15) is 25.0 Å². The van der Waals surface area contributed by atoms with Gasteiger partial charge in [0.15, 0.2) is 5.84 Å². The third-order valence-electron chi connectivity index (χ3n) is 3.35. The molecule has 2 aliphatic heterocycles. The Labute approximate surface area is 133 Å². The predicted octanol–water partition coefficient (Wildman–Crippen LogP) is 3.27. The van der Waals surface area contributed by atoms with E-state index in [4.69, 9.17) is 5.41 Å². The van der Waals surface area contributed by atoms with Crippen molar-refractivity contribution in [1.29, 1.82) is 5.41 Å². The molecule has 1 aromatic rings. The van der Waals surface area contributed by atoms with Crippen LogP contribution in [0.15, 0.2) is 39.9 Å². The van der Waals surface area contributed by atoms with Crippen LogP contribution in [0.4, 0.5) is 0 Å². The molecule has 0 aliphatic carbocycles. The fourth-order valence-electron chi connectivity index (χ4n) is 2.07. The zero-order chi connectivity index (χ0) is 15.9. The fraction of sp³-hybridized carbons (Fsp3) is 0.250. The van der Waals surface area contributed by atoms with Gasteiger partial charge < -0.3 is 0 Å². The molecule has 112 valence electrons. The van der Waals surface area contributed by atoms with Gasteiger partial charge in [0.05, 0.1) is 5.57 Å². The van der Waals surface area contributed by atoms with E-state index < -0.39 is 0 Å². The summed E-state index contributed by atoms with van der Waals surface area (Å²) in [5, 5.41) is 15.4. The first-order chi connectivity index (χ1) is 10.5. The molecule has 0 spiro atoms.